The molecule has 2 heterocycles. The second kappa shape index (κ2) is 5.13. The molecule has 5 nitrogen and oxygen atoms in total. The number of rotatable bonds is 4. The van der Waals surface area contributed by atoms with E-state index >= 15 is 0 Å². The summed E-state index contributed by atoms with van der Waals surface area (Å²) < 4.78 is 6.31. The van der Waals surface area contributed by atoms with Gasteiger partial charge in [-0.3, -0.25) is 9.36 Å². The minimum Gasteiger partial charge on any atom is -0.406 e. The molecule has 0 saturated carbocycles. The zero-order chi connectivity index (χ0) is 13.9. The number of pyridine rings is 1. The average Bonchev–Trinajstić information content (AvgIpc) is 2.76. The Kier molecular flexibility index (Phi) is 3.16. The Balaban J connectivity index is 1.85. The van der Waals surface area contributed by atoms with Crippen molar-refractivity contribution in [2.75, 3.05) is 0 Å². The predicted molar refractivity (Wildman–Crippen MR) is 73.4 cm³/mol. The molecule has 0 radical (unpaired) electrons. The lowest BCUT2D eigenvalue weighted by molar-refractivity contribution is -0.119. The molecule has 100 valence electrons. The lowest BCUT2D eigenvalue weighted by Gasteiger charge is -2.01. The standard InChI is InChI=1S/C15H12N2O3/c18-12(9-11-5-2-1-3-6-11)10-17-14-13(20-15(17)19)7-4-8-16-14/h1-8H,9-10H2. The number of hydrogen-bond donors (Lipinski definition) is 0. The fourth-order valence-electron chi connectivity index (χ4n) is 2.10. The lowest BCUT2D eigenvalue weighted by Crippen LogP contribution is -2.21. The van der Waals surface area contributed by atoms with Crippen molar-refractivity contribution in [3.05, 3.63) is 64.8 Å². The zero-order valence-corrected chi connectivity index (χ0v) is 10.7. The maximum atomic E-state index is 12.0. The normalized spacial score (nSPS) is 10.8. The van der Waals surface area contributed by atoms with Crippen LogP contribution in [0.4, 0.5) is 0 Å². The van der Waals surface area contributed by atoms with E-state index in [2.05, 4.69) is 4.98 Å². The number of aromatic nitrogens is 2. The first kappa shape index (κ1) is 12.3. The zero-order valence-electron chi connectivity index (χ0n) is 10.7. The molecule has 2 aromatic heterocycles. The third kappa shape index (κ3) is 2.38. The number of oxazole rings is 1. The van der Waals surface area contributed by atoms with Gasteiger partial charge in [0.25, 0.3) is 0 Å². The molecule has 3 aromatic rings. The van der Waals surface area contributed by atoms with Gasteiger partial charge in [0.05, 0.1) is 6.54 Å². The first-order valence-electron chi connectivity index (χ1n) is 6.24. The number of fused-ring (bicyclic) bond motifs is 1. The van der Waals surface area contributed by atoms with Crippen molar-refractivity contribution in [2.24, 2.45) is 0 Å². The molecule has 1 aromatic carbocycles. The fraction of sp³-hybridized carbons (Fsp3) is 0.133. The van der Waals surface area contributed by atoms with Crippen LogP contribution < -0.4 is 5.76 Å². The van der Waals surface area contributed by atoms with E-state index in [1.165, 1.54) is 4.57 Å². The van der Waals surface area contributed by atoms with Gasteiger partial charge < -0.3 is 4.42 Å². The van der Waals surface area contributed by atoms with Crippen LogP contribution in [0.1, 0.15) is 5.56 Å². The smallest absolute Gasteiger partial charge is 0.406 e. The van der Waals surface area contributed by atoms with Crippen LogP contribution in [-0.2, 0) is 17.8 Å². The van der Waals surface area contributed by atoms with Crippen LogP contribution in [0.2, 0.25) is 0 Å². The van der Waals surface area contributed by atoms with Crippen LogP contribution in [0.5, 0.6) is 0 Å². The molecule has 0 N–H and O–H groups in total. The van der Waals surface area contributed by atoms with Gasteiger partial charge in [0.15, 0.2) is 17.0 Å². The molecule has 0 fully saturated rings. The summed E-state index contributed by atoms with van der Waals surface area (Å²) in [7, 11) is 0. The minimum absolute atomic E-state index is 0.0300. The number of benzene rings is 1. The average molecular weight is 268 g/mol. The summed E-state index contributed by atoms with van der Waals surface area (Å²) in [6.45, 7) is -0.0300. The molecule has 0 bridgehead atoms. The van der Waals surface area contributed by atoms with Crippen LogP contribution in [-0.4, -0.2) is 15.3 Å². The maximum Gasteiger partial charge on any atom is 0.421 e. The van der Waals surface area contributed by atoms with E-state index in [4.69, 9.17) is 4.42 Å². The van der Waals surface area contributed by atoms with Gasteiger partial charge >= 0.3 is 5.76 Å². The summed E-state index contributed by atoms with van der Waals surface area (Å²) in [4.78, 5) is 27.9. The van der Waals surface area contributed by atoms with Gasteiger partial charge in [-0.25, -0.2) is 9.78 Å². The molecule has 0 aliphatic heterocycles. The van der Waals surface area contributed by atoms with Crippen molar-refractivity contribution in [3.8, 4) is 0 Å². The van der Waals surface area contributed by atoms with E-state index in [1.807, 2.05) is 30.3 Å². The summed E-state index contributed by atoms with van der Waals surface area (Å²) in [6, 6.07) is 12.8. The van der Waals surface area contributed by atoms with Gasteiger partial charge in [-0.1, -0.05) is 30.3 Å². The van der Waals surface area contributed by atoms with Crippen LogP contribution in [0.3, 0.4) is 0 Å². The topological polar surface area (TPSA) is 65.1 Å². The Bertz CT molecular complexity index is 803. The van der Waals surface area contributed by atoms with Gasteiger partial charge in [0.2, 0.25) is 0 Å². The van der Waals surface area contributed by atoms with Gasteiger partial charge in [0.1, 0.15) is 0 Å². The maximum absolute atomic E-state index is 12.0. The second-order valence-electron chi connectivity index (χ2n) is 4.48. The molecule has 0 aliphatic rings. The Morgan fingerprint density at radius 3 is 2.75 bits per heavy atom. The minimum atomic E-state index is -0.555. The molecule has 0 aliphatic carbocycles. The molecule has 0 amide bonds. The van der Waals surface area contributed by atoms with E-state index in [9.17, 15) is 9.59 Å². The first-order valence-corrected chi connectivity index (χ1v) is 6.24. The quantitative estimate of drug-likeness (QED) is 0.723. The Morgan fingerprint density at radius 1 is 1.15 bits per heavy atom. The Hall–Kier alpha value is -2.69. The van der Waals surface area contributed by atoms with Crippen LogP contribution in [0.15, 0.2) is 57.9 Å². The number of carbonyl (C=O) groups is 1. The van der Waals surface area contributed by atoms with Gasteiger partial charge in [0, 0.05) is 12.6 Å². The monoisotopic (exact) mass is 268 g/mol. The molecule has 0 unspecified atom stereocenters. The SMILES string of the molecule is O=C(Cc1ccccc1)Cn1c(=O)oc2cccnc21. The van der Waals surface area contributed by atoms with E-state index in [1.54, 1.807) is 18.3 Å². The van der Waals surface area contributed by atoms with Crippen molar-refractivity contribution >= 4 is 17.0 Å². The molecular formula is C15H12N2O3. The van der Waals surface area contributed by atoms with Crippen LogP contribution in [0.25, 0.3) is 11.2 Å². The Morgan fingerprint density at radius 2 is 1.95 bits per heavy atom. The Labute approximate surface area is 114 Å². The van der Waals surface area contributed by atoms with Gasteiger partial charge in [-0.15, -0.1) is 0 Å². The third-order valence-electron chi connectivity index (χ3n) is 3.00. The highest BCUT2D eigenvalue weighted by Crippen LogP contribution is 2.09. The van der Waals surface area contributed by atoms with Crippen LogP contribution >= 0.6 is 0 Å². The number of hydrogen-bond acceptors (Lipinski definition) is 4. The van der Waals surface area contributed by atoms with Gasteiger partial charge in [-0.05, 0) is 17.7 Å². The summed E-state index contributed by atoms with van der Waals surface area (Å²) in [5.74, 6) is -0.619. The highest BCUT2D eigenvalue weighted by molar-refractivity contribution is 5.82. The molecular weight excluding hydrogens is 256 g/mol. The number of ketones is 1. The van der Waals surface area contributed by atoms with Crippen molar-refractivity contribution in [2.45, 2.75) is 13.0 Å². The largest absolute Gasteiger partial charge is 0.421 e. The van der Waals surface area contributed by atoms with Crippen molar-refractivity contribution < 1.29 is 9.21 Å². The summed E-state index contributed by atoms with van der Waals surface area (Å²) in [5, 5.41) is 0. The number of Topliss-reactive ketones (excluding diaryl/α,β-unsaturated/α-hetero) is 1. The van der Waals surface area contributed by atoms with Crippen molar-refractivity contribution in [1.82, 2.24) is 9.55 Å². The first-order chi connectivity index (χ1) is 9.74. The van der Waals surface area contributed by atoms with E-state index in [-0.39, 0.29) is 18.7 Å². The predicted octanol–water partition coefficient (Wildman–Crippen LogP) is 1.80. The summed E-state index contributed by atoms with van der Waals surface area (Å²) in [5.41, 5.74) is 1.72. The molecule has 3 rings (SSSR count). The highest BCUT2D eigenvalue weighted by Gasteiger charge is 2.13. The molecule has 20 heavy (non-hydrogen) atoms. The lowest BCUT2D eigenvalue weighted by atomic mass is 10.1. The summed E-state index contributed by atoms with van der Waals surface area (Å²) >= 11 is 0. The van der Waals surface area contributed by atoms with E-state index in [0.29, 0.717) is 11.2 Å². The molecule has 0 atom stereocenters. The van der Waals surface area contributed by atoms with Gasteiger partial charge in [-0.2, -0.15) is 0 Å². The number of nitrogens with zero attached hydrogens (tertiary/aromatic N) is 2. The van der Waals surface area contributed by atoms with Crippen molar-refractivity contribution in [1.29, 1.82) is 0 Å². The molecule has 5 heteroatoms. The number of carbonyl (C=O) groups excluding carboxylic acids is 1. The second-order valence-corrected chi connectivity index (χ2v) is 4.48. The third-order valence-corrected chi connectivity index (χ3v) is 3.00. The molecule has 0 spiro atoms. The summed E-state index contributed by atoms with van der Waals surface area (Å²) in [6.07, 6.45) is 1.85. The van der Waals surface area contributed by atoms with Crippen molar-refractivity contribution in [3.63, 3.8) is 0 Å². The van der Waals surface area contributed by atoms with E-state index in [0.717, 1.165) is 5.56 Å². The van der Waals surface area contributed by atoms with Crippen LogP contribution in [0, 0.1) is 0 Å². The molecule has 0 saturated heterocycles. The highest BCUT2D eigenvalue weighted by atomic mass is 16.4. The fourth-order valence-corrected chi connectivity index (χ4v) is 2.10. The van der Waals surface area contributed by atoms with E-state index < -0.39 is 5.76 Å².